The van der Waals surface area contributed by atoms with Crippen LogP contribution in [0.25, 0.3) is 0 Å². The summed E-state index contributed by atoms with van der Waals surface area (Å²) < 4.78 is 0. The van der Waals surface area contributed by atoms with Crippen molar-refractivity contribution in [3.8, 4) is 0 Å². The summed E-state index contributed by atoms with van der Waals surface area (Å²) in [5.41, 5.74) is 2.47. The molecule has 1 unspecified atom stereocenters. The monoisotopic (exact) mass is 329 g/mol. The summed E-state index contributed by atoms with van der Waals surface area (Å²) in [6.45, 7) is 3.41. The minimum absolute atomic E-state index is 0.123. The minimum atomic E-state index is -0.908. The smallest absolute Gasteiger partial charge is 0.335 e. The highest BCUT2D eigenvalue weighted by Crippen LogP contribution is 2.32. The van der Waals surface area contributed by atoms with E-state index in [0.717, 1.165) is 37.3 Å². The molecule has 1 N–H and O–H groups in total. The molecule has 3 rings (SSSR count). The molecule has 4 heteroatoms. The van der Waals surface area contributed by atoms with Crippen LogP contribution in [-0.2, 0) is 17.8 Å². The molecule has 24 heavy (non-hydrogen) atoms. The predicted molar refractivity (Wildman–Crippen MR) is 92.9 cm³/mol. The summed E-state index contributed by atoms with van der Waals surface area (Å²) in [5, 5.41) is 9.17. The quantitative estimate of drug-likeness (QED) is 0.892. The number of amides is 1. The van der Waals surface area contributed by atoms with E-state index in [2.05, 4.69) is 6.92 Å². The normalized spacial score (nSPS) is 19.1. The summed E-state index contributed by atoms with van der Waals surface area (Å²) in [6.07, 6.45) is 7.90. The van der Waals surface area contributed by atoms with E-state index >= 15 is 0 Å². The number of carboxylic acids is 1. The Morgan fingerprint density at radius 3 is 2.67 bits per heavy atom. The number of hydrogen-bond donors (Lipinski definition) is 1. The van der Waals surface area contributed by atoms with Gasteiger partial charge in [-0.1, -0.05) is 38.7 Å². The predicted octanol–water partition coefficient (Wildman–Crippen LogP) is 3.88. The number of nitrogens with zero attached hydrogens (tertiary/aromatic N) is 1. The molecule has 0 bridgehead atoms. The van der Waals surface area contributed by atoms with E-state index in [1.54, 1.807) is 12.1 Å². The Balaban J connectivity index is 1.69. The Morgan fingerprint density at radius 2 is 2.00 bits per heavy atom. The first-order valence-electron chi connectivity index (χ1n) is 9.22. The van der Waals surface area contributed by atoms with Gasteiger partial charge in [-0.05, 0) is 48.4 Å². The fourth-order valence-electron chi connectivity index (χ4n) is 4.23. The number of hydrogen-bond acceptors (Lipinski definition) is 2. The molecule has 1 atom stereocenters. The molecule has 4 nitrogen and oxygen atoms in total. The van der Waals surface area contributed by atoms with Gasteiger partial charge < -0.3 is 10.0 Å². The molecule has 1 heterocycles. The van der Waals surface area contributed by atoms with Crippen molar-refractivity contribution in [1.82, 2.24) is 4.90 Å². The second-order valence-corrected chi connectivity index (χ2v) is 7.29. The van der Waals surface area contributed by atoms with E-state index in [-0.39, 0.29) is 11.8 Å². The zero-order chi connectivity index (χ0) is 17.1. The number of carboxylic acid groups (broad SMARTS) is 1. The van der Waals surface area contributed by atoms with Gasteiger partial charge >= 0.3 is 5.97 Å². The summed E-state index contributed by atoms with van der Waals surface area (Å²) >= 11 is 0. The Kier molecular flexibility index (Phi) is 5.22. The molecular formula is C20H27NO3. The molecule has 1 amide bonds. The zero-order valence-corrected chi connectivity index (χ0v) is 14.5. The number of fused-ring (bicyclic) bond motifs is 1. The van der Waals surface area contributed by atoms with Gasteiger partial charge in [-0.2, -0.15) is 0 Å². The summed E-state index contributed by atoms with van der Waals surface area (Å²) in [5.74, 6) is 0.191. The highest BCUT2D eigenvalue weighted by atomic mass is 16.4. The lowest BCUT2D eigenvalue weighted by atomic mass is 9.89. The van der Waals surface area contributed by atoms with Crippen LogP contribution in [0.3, 0.4) is 0 Å². The van der Waals surface area contributed by atoms with Crippen LogP contribution >= 0.6 is 0 Å². The average Bonchev–Trinajstić information content (AvgIpc) is 3.11. The Morgan fingerprint density at radius 1 is 1.25 bits per heavy atom. The number of carbonyl (C=O) groups is 2. The van der Waals surface area contributed by atoms with Crippen molar-refractivity contribution in [3.63, 3.8) is 0 Å². The fourth-order valence-corrected chi connectivity index (χ4v) is 4.23. The third-order valence-corrected chi connectivity index (χ3v) is 5.71. The van der Waals surface area contributed by atoms with E-state index in [1.807, 2.05) is 11.0 Å². The standard InChI is InChI=1S/C20H27NO3/c1-2-15(11-14-5-3-4-6-14)19(22)21-10-9-16-7-8-17(20(23)24)12-18(16)13-21/h7-8,12,14-15H,2-6,9-11,13H2,1H3,(H,23,24). The van der Waals surface area contributed by atoms with Gasteiger partial charge in [0.05, 0.1) is 5.56 Å². The molecule has 0 spiro atoms. The molecule has 1 aliphatic carbocycles. The van der Waals surface area contributed by atoms with Gasteiger partial charge in [0, 0.05) is 19.0 Å². The highest BCUT2D eigenvalue weighted by Gasteiger charge is 2.29. The van der Waals surface area contributed by atoms with Gasteiger partial charge in [-0.15, -0.1) is 0 Å². The van der Waals surface area contributed by atoms with Crippen LogP contribution in [0, 0.1) is 11.8 Å². The molecule has 1 aliphatic heterocycles. The lowest BCUT2D eigenvalue weighted by Crippen LogP contribution is -2.40. The number of carbonyl (C=O) groups excluding carboxylic acids is 1. The first-order valence-corrected chi connectivity index (χ1v) is 9.22. The van der Waals surface area contributed by atoms with Crippen molar-refractivity contribution in [3.05, 3.63) is 34.9 Å². The van der Waals surface area contributed by atoms with Gasteiger partial charge in [-0.25, -0.2) is 4.79 Å². The summed E-state index contributed by atoms with van der Waals surface area (Å²) in [6, 6.07) is 5.29. The van der Waals surface area contributed by atoms with Crippen molar-refractivity contribution in [2.24, 2.45) is 11.8 Å². The summed E-state index contributed by atoms with van der Waals surface area (Å²) in [4.78, 5) is 26.1. The number of rotatable bonds is 5. The number of benzene rings is 1. The zero-order valence-electron chi connectivity index (χ0n) is 14.5. The maximum atomic E-state index is 13.0. The van der Waals surface area contributed by atoms with Crippen LogP contribution in [0.1, 0.15) is 66.9 Å². The van der Waals surface area contributed by atoms with E-state index in [0.29, 0.717) is 12.1 Å². The molecule has 1 aromatic carbocycles. The largest absolute Gasteiger partial charge is 0.478 e. The third kappa shape index (κ3) is 3.63. The van der Waals surface area contributed by atoms with Crippen molar-refractivity contribution in [2.45, 2.75) is 58.4 Å². The SMILES string of the molecule is CCC(CC1CCCC1)C(=O)N1CCc2ccc(C(=O)O)cc2C1. The summed E-state index contributed by atoms with van der Waals surface area (Å²) in [7, 11) is 0. The van der Waals surface area contributed by atoms with Gasteiger partial charge in [0.1, 0.15) is 0 Å². The van der Waals surface area contributed by atoms with Crippen molar-refractivity contribution < 1.29 is 14.7 Å². The van der Waals surface area contributed by atoms with E-state index < -0.39 is 5.97 Å². The van der Waals surface area contributed by atoms with E-state index in [1.165, 1.54) is 31.2 Å². The molecule has 0 saturated heterocycles. The fraction of sp³-hybridized carbons (Fsp3) is 0.600. The van der Waals surface area contributed by atoms with Crippen LogP contribution in [0.4, 0.5) is 0 Å². The van der Waals surface area contributed by atoms with E-state index in [4.69, 9.17) is 5.11 Å². The highest BCUT2D eigenvalue weighted by molar-refractivity contribution is 5.88. The maximum absolute atomic E-state index is 13.0. The molecule has 0 radical (unpaired) electrons. The Bertz CT molecular complexity index is 619. The van der Waals surface area contributed by atoms with Crippen molar-refractivity contribution in [2.75, 3.05) is 6.54 Å². The van der Waals surface area contributed by atoms with Gasteiger partial charge in [0.25, 0.3) is 0 Å². The first kappa shape index (κ1) is 17.0. The minimum Gasteiger partial charge on any atom is -0.478 e. The number of aromatic carboxylic acids is 1. The van der Waals surface area contributed by atoms with Crippen molar-refractivity contribution >= 4 is 11.9 Å². The third-order valence-electron chi connectivity index (χ3n) is 5.71. The van der Waals surface area contributed by atoms with Gasteiger partial charge in [0.2, 0.25) is 5.91 Å². The molecule has 1 saturated carbocycles. The lowest BCUT2D eigenvalue weighted by molar-refractivity contribution is -0.137. The average molecular weight is 329 g/mol. The second kappa shape index (κ2) is 7.37. The van der Waals surface area contributed by atoms with E-state index in [9.17, 15) is 9.59 Å². The molecule has 1 fully saturated rings. The van der Waals surface area contributed by atoms with Crippen LogP contribution in [-0.4, -0.2) is 28.4 Å². The topological polar surface area (TPSA) is 57.6 Å². The molecule has 2 aliphatic rings. The molecule has 1 aromatic rings. The first-order chi connectivity index (χ1) is 11.6. The maximum Gasteiger partial charge on any atom is 0.335 e. The van der Waals surface area contributed by atoms with Crippen LogP contribution in [0.15, 0.2) is 18.2 Å². The second-order valence-electron chi connectivity index (χ2n) is 7.29. The van der Waals surface area contributed by atoms with Gasteiger partial charge in [-0.3, -0.25) is 4.79 Å². The van der Waals surface area contributed by atoms with Crippen LogP contribution in [0.2, 0.25) is 0 Å². The molecule has 130 valence electrons. The van der Waals surface area contributed by atoms with Crippen LogP contribution in [0.5, 0.6) is 0 Å². The Hall–Kier alpha value is -1.84. The van der Waals surface area contributed by atoms with Crippen LogP contribution < -0.4 is 0 Å². The lowest BCUT2D eigenvalue weighted by Gasteiger charge is -2.32. The molecule has 0 aromatic heterocycles. The van der Waals surface area contributed by atoms with Gasteiger partial charge in [0.15, 0.2) is 0 Å². The molecular weight excluding hydrogens is 302 g/mol. The van der Waals surface area contributed by atoms with Crippen molar-refractivity contribution in [1.29, 1.82) is 0 Å². The Labute approximate surface area is 143 Å².